The van der Waals surface area contributed by atoms with Gasteiger partial charge in [0.05, 0.1) is 12.2 Å². The Kier molecular flexibility index (Phi) is 16.4. The van der Waals surface area contributed by atoms with Crippen LogP contribution in [0.2, 0.25) is 0 Å². The lowest BCUT2D eigenvalue weighted by Gasteiger charge is -2.37. The van der Waals surface area contributed by atoms with Crippen molar-refractivity contribution < 1.29 is 33.4 Å². The second kappa shape index (κ2) is 22.6. The van der Waals surface area contributed by atoms with Gasteiger partial charge < -0.3 is 29.6 Å². The number of hydrogen-bond donors (Lipinski definition) is 3. The van der Waals surface area contributed by atoms with Gasteiger partial charge in [0.1, 0.15) is 11.8 Å². The molecule has 0 aliphatic carbocycles. The van der Waals surface area contributed by atoms with Crippen LogP contribution in [0.1, 0.15) is 90.2 Å². The number of piperazine rings is 1. The number of imide groups is 2. The molecule has 4 aliphatic rings. The molecule has 3 N–H and O–H groups in total. The molecule has 7 rings (SSSR count). The maximum absolute atomic E-state index is 14.0. The highest BCUT2D eigenvalue weighted by atomic mass is 16.5. The summed E-state index contributed by atoms with van der Waals surface area (Å²) in [5.74, 6) is -2.27. The summed E-state index contributed by atoms with van der Waals surface area (Å²) in [5.41, 5.74) is 7.87. The molecule has 5 heterocycles. The lowest BCUT2D eigenvalue weighted by Crippen LogP contribution is -2.54. The average molecular weight is 916 g/mol. The van der Waals surface area contributed by atoms with Crippen molar-refractivity contribution in [2.75, 3.05) is 64.0 Å². The van der Waals surface area contributed by atoms with Gasteiger partial charge in [0.25, 0.3) is 23.3 Å². The molecule has 5 amide bonds. The number of benzene rings is 2. The predicted octanol–water partition coefficient (Wildman–Crippen LogP) is 5.38. The standard InChI is InChI=1S/C52H65N7O8/c1-6-11-46(42-31-48(61)59(52(42)65)44-16-17-47(60)55-51(44)64)67-25-10-8-9-20-56-21-23-57(24-22-56)33-37-12-14-38(15-13-37)39-29-41(49(62)53-32-43-34(3)28-35(4)54-50(43)63)36(5)45(30-39)58(7-2)40-18-26-66-27-19-40/h6,11-15,28-31,40,44H,1,7-10,16-27,32-33H2,2-5H3,(H,53,62)(H,54,63)(H,55,60,64)/b46-11+. The molecule has 1 atom stereocenters. The van der Waals surface area contributed by atoms with Crippen molar-refractivity contribution in [1.82, 2.24) is 30.3 Å². The van der Waals surface area contributed by atoms with E-state index in [9.17, 15) is 28.8 Å². The van der Waals surface area contributed by atoms with Gasteiger partial charge in [0.2, 0.25) is 11.8 Å². The van der Waals surface area contributed by atoms with Crippen LogP contribution < -0.4 is 21.1 Å². The number of nitrogens with zero attached hydrogens (tertiary/aromatic N) is 4. The average Bonchev–Trinajstić information content (AvgIpc) is 3.60. The number of aryl methyl sites for hydroxylation is 2. The van der Waals surface area contributed by atoms with E-state index in [2.05, 4.69) is 74.2 Å². The third kappa shape index (κ3) is 11.9. The number of allylic oxidation sites excluding steroid dienone is 2. The number of nitrogens with one attached hydrogen (secondary N) is 3. The lowest BCUT2D eigenvalue weighted by atomic mass is 9.94. The normalized spacial score (nSPS) is 18.8. The van der Waals surface area contributed by atoms with E-state index < -0.39 is 29.7 Å². The molecule has 2 aromatic carbocycles. The van der Waals surface area contributed by atoms with Gasteiger partial charge in [-0.25, -0.2) is 0 Å². The van der Waals surface area contributed by atoms with E-state index in [-0.39, 0.29) is 42.2 Å². The Balaban J connectivity index is 0.897. The second-order valence-corrected chi connectivity index (χ2v) is 18.0. The summed E-state index contributed by atoms with van der Waals surface area (Å²) >= 11 is 0. The van der Waals surface area contributed by atoms with E-state index in [1.807, 2.05) is 32.9 Å². The Morgan fingerprint density at radius 1 is 0.925 bits per heavy atom. The van der Waals surface area contributed by atoms with E-state index in [4.69, 9.17) is 9.47 Å². The van der Waals surface area contributed by atoms with Crippen LogP contribution in [-0.4, -0.2) is 120 Å². The third-order valence-corrected chi connectivity index (χ3v) is 13.4. The second-order valence-electron chi connectivity index (χ2n) is 18.0. The van der Waals surface area contributed by atoms with Gasteiger partial charge in [-0.2, -0.15) is 0 Å². The molecule has 3 fully saturated rings. The van der Waals surface area contributed by atoms with Gasteiger partial charge in [-0.05, 0) is 125 Å². The van der Waals surface area contributed by atoms with Crippen molar-refractivity contribution in [3.63, 3.8) is 0 Å². The molecule has 0 saturated carbocycles. The number of piperidine rings is 1. The van der Waals surface area contributed by atoms with Crippen molar-refractivity contribution in [2.45, 2.75) is 97.8 Å². The molecule has 3 saturated heterocycles. The zero-order valence-corrected chi connectivity index (χ0v) is 39.4. The summed E-state index contributed by atoms with van der Waals surface area (Å²) in [6.45, 7) is 20.1. The number of pyridine rings is 1. The molecule has 0 bridgehead atoms. The lowest BCUT2D eigenvalue weighted by molar-refractivity contribution is -0.149. The molecular weight excluding hydrogens is 851 g/mol. The van der Waals surface area contributed by atoms with Crippen LogP contribution in [0.3, 0.4) is 0 Å². The zero-order valence-electron chi connectivity index (χ0n) is 39.4. The van der Waals surface area contributed by atoms with E-state index in [0.29, 0.717) is 23.8 Å². The van der Waals surface area contributed by atoms with Crippen LogP contribution >= 0.6 is 0 Å². The van der Waals surface area contributed by atoms with Gasteiger partial charge in [0, 0.05) is 100 Å². The zero-order chi connectivity index (χ0) is 47.6. The highest BCUT2D eigenvalue weighted by Gasteiger charge is 2.43. The smallest absolute Gasteiger partial charge is 0.265 e. The molecule has 3 aromatic rings. The van der Waals surface area contributed by atoms with Crippen molar-refractivity contribution in [3.05, 3.63) is 122 Å². The Hall–Kier alpha value is -6.16. The summed E-state index contributed by atoms with van der Waals surface area (Å²) in [6.07, 6.45) is 8.91. The first-order valence-corrected chi connectivity index (χ1v) is 23.7. The van der Waals surface area contributed by atoms with Crippen molar-refractivity contribution >= 4 is 35.2 Å². The highest BCUT2D eigenvalue weighted by molar-refractivity contribution is 6.20. The quantitative estimate of drug-likeness (QED) is 0.0611. The number of anilines is 1. The van der Waals surface area contributed by atoms with Gasteiger partial charge >= 0.3 is 0 Å². The minimum absolute atomic E-state index is 0.0570. The van der Waals surface area contributed by atoms with Crippen LogP contribution in [0.5, 0.6) is 0 Å². The van der Waals surface area contributed by atoms with Gasteiger partial charge in [0.15, 0.2) is 0 Å². The van der Waals surface area contributed by atoms with Crippen molar-refractivity contribution in [1.29, 1.82) is 0 Å². The molecule has 0 radical (unpaired) electrons. The number of carbonyl (C=O) groups excluding carboxylic acids is 5. The number of ether oxygens (including phenoxy) is 2. The van der Waals surface area contributed by atoms with Crippen molar-refractivity contribution in [2.24, 2.45) is 0 Å². The topological polar surface area (TPSA) is 174 Å². The number of rotatable bonds is 19. The van der Waals surface area contributed by atoms with Crippen LogP contribution in [0.4, 0.5) is 5.69 Å². The Labute approximate surface area is 393 Å². The van der Waals surface area contributed by atoms with Crippen LogP contribution in [0, 0.1) is 20.8 Å². The van der Waals surface area contributed by atoms with Crippen LogP contribution in [0.15, 0.2) is 83.4 Å². The van der Waals surface area contributed by atoms with E-state index in [1.54, 1.807) is 6.08 Å². The Morgan fingerprint density at radius 3 is 2.34 bits per heavy atom. The summed E-state index contributed by atoms with van der Waals surface area (Å²) < 4.78 is 11.7. The largest absolute Gasteiger partial charge is 0.493 e. The molecule has 1 aromatic heterocycles. The third-order valence-electron chi connectivity index (χ3n) is 13.4. The molecule has 4 aliphatic heterocycles. The molecule has 15 heteroatoms. The van der Waals surface area contributed by atoms with Crippen molar-refractivity contribution in [3.8, 4) is 11.1 Å². The SMILES string of the molecule is C=C/C=C(/OCCCCCN1CCN(Cc2ccc(-c3cc(C(=O)NCc4c(C)cc(C)[nH]c4=O)c(C)c(N(CC)C4CCOCC4)c3)cc2)CC1)C1=CC(=O)N(C2CCC(=O)NC2=O)C1=O. The van der Waals surface area contributed by atoms with Gasteiger partial charge in [-0.15, -0.1) is 0 Å². The molecule has 0 spiro atoms. The fraction of sp³-hybridized carbons (Fsp3) is 0.462. The number of aromatic amines is 1. The monoisotopic (exact) mass is 915 g/mol. The highest BCUT2D eigenvalue weighted by Crippen LogP contribution is 2.34. The Bertz CT molecular complexity index is 2460. The van der Waals surface area contributed by atoms with Gasteiger partial charge in [-0.3, -0.25) is 43.9 Å². The first kappa shape index (κ1) is 48.8. The maximum atomic E-state index is 14.0. The summed E-state index contributed by atoms with van der Waals surface area (Å²) in [6, 6.07) is 14.1. The van der Waals surface area contributed by atoms with Crippen LogP contribution in [-0.2, 0) is 41.7 Å². The summed E-state index contributed by atoms with van der Waals surface area (Å²) in [5, 5.41) is 5.26. The fourth-order valence-electron chi connectivity index (χ4n) is 9.62. The number of carbonyl (C=O) groups is 5. The molecule has 15 nitrogen and oxygen atoms in total. The number of unbranched alkanes of at least 4 members (excludes halogenated alkanes) is 2. The van der Waals surface area contributed by atoms with E-state index >= 15 is 0 Å². The fourth-order valence-corrected chi connectivity index (χ4v) is 9.62. The van der Waals surface area contributed by atoms with Crippen LogP contribution in [0.25, 0.3) is 11.1 Å². The molecule has 1 unspecified atom stereocenters. The Morgan fingerprint density at radius 2 is 1.66 bits per heavy atom. The van der Waals surface area contributed by atoms with E-state index in [1.165, 1.54) is 17.7 Å². The van der Waals surface area contributed by atoms with E-state index in [0.717, 1.165) is 130 Å². The minimum atomic E-state index is -1.03. The first-order chi connectivity index (χ1) is 32.3. The number of amides is 5. The predicted molar refractivity (Wildman–Crippen MR) is 257 cm³/mol. The van der Waals surface area contributed by atoms with Gasteiger partial charge in [-0.1, -0.05) is 36.9 Å². The summed E-state index contributed by atoms with van der Waals surface area (Å²) in [7, 11) is 0. The molecule has 67 heavy (non-hydrogen) atoms. The minimum Gasteiger partial charge on any atom is -0.493 e. The summed E-state index contributed by atoms with van der Waals surface area (Å²) in [4.78, 5) is 87.9. The maximum Gasteiger partial charge on any atom is 0.265 e. The molecule has 356 valence electrons. The molecular formula is C52H65N7O8. The number of hydrogen-bond acceptors (Lipinski definition) is 11. The number of aromatic nitrogens is 1. The first-order valence-electron chi connectivity index (χ1n) is 23.7. The number of H-pyrrole nitrogens is 1.